The maximum Gasteiger partial charge on any atom is 0.249 e. The van der Waals surface area contributed by atoms with Crippen molar-refractivity contribution in [2.45, 2.75) is 13.1 Å². The molecular formula is C22H22N6O2. The fourth-order valence-electron chi connectivity index (χ4n) is 3.41. The molecule has 0 saturated carbocycles. The minimum atomic E-state index is -0.498. The highest BCUT2D eigenvalue weighted by molar-refractivity contribution is 6.06. The first kappa shape index (κ1) is 19.4. The highest BCUT2D eigenvalue weighted by Crippen LogP contribution is 2.28. The van der Waals surface area contributed by atoms with E-state index in [0.29, 0.717) is 35.0 Å². The second-order valence-corrected chi connectivity index (χ2v) is 6.70. The van der Waals surface area contributed by atoms with Crippen molar-refractivity contribution < 1.29 is 9.53 Å². The predicted octanol–water partition coefficient (Wildman–Crippen LogP) is 2.60. The Morgan fingerprint density at radius 2 is 1.97 bits per heavy atom. The second-order valence-electron chi connectivity index (χ2n) is 6.70. The van der Waals surface area contributed by atoms with E-state index >= 15 is 0 Å². The quantitative estimate of drug-likeness (QED) is 0.437. The number of nitrogens with two attached hydrogens (primary N) is 2. The molecule has 4 aromatic rings. The summed E-state index contributed by atoms with van der Waals surface area (Å²) in [5.74, 6) is 1.01. The minimum Gasteiger partial charge on any atom is -0.491 e. The molecule has 0 radical (unpaired) electrons. The topological polar surface area (TPSA) is 121 Å². The van der Waals surface area contributed by atoms with Crippen molar-refractivity contribution >= 4 is 22.6 Å². The first-order chi connectivity index (χ1) is 14.6. The van der Waals surface area contributed by atoms with E-state index in [1.165, 1.54) is 0 Å². The van der Waals surface area contributed by atoms with Crippen LogP contribution in [-0.4, -0.2) is 27.6 Å². The molecule has 2 heterocycles. The van der Waals surface area contributed by atoms with Crippen LogP contribution in [0.5, 0.6) is 5.75 Å². The summed E-state index contributed by atoms with van der Waals surface area (Å²) >= 11 is 0. The number of primary amides is 1. The van der Waals surface area contributed by atoms with Crippen LogP contribution in [0.1, 0.15) is 21.6 Å². The largest absolute Gasteiger partial charge is 0.491 e. The van der Waals surface area contributed by atoms with Crippen molar-refractivity contribution in [3.8, 4) is 11.7 Å². The monoisotopic (exact) mass is 402 g/mol. The van der Waals surface area contributed by atoms with E-state index in [9.17, 15) is 4.79 Å². The summed E-state index contributed by atoms with van der Waals surface area (Å²) in [5, 5.41) is 4.01. The Morgan fingerprint density at radius 3 is 2.67 bits per heavy atom. The first-order valence-corrected chi connectivity index (χ1v) is 9.44. The number of rotatable bonds is 7. The van der Waals surface area contributed by atoms with Gasteiger partial charge < -0.3 is 21.5 Å². The molecule has 0 aliphatic rings. The van der Waals surface area contributed by atoms with Crippen LogP contribution < -0.4 is 21.5 Å². The van der Waals surface area contributed by atoms with Gasteiger partial charge in [0.15, 0.2) is 11.6 Å². The van der Waals surface area contributed by atoms with Gasteiger partial charge in [-0.25, -0.2) is 4.98 Å². The fourth-order valence-corrected chi connectivity index (χ4v) is 3.41. The normalized spacial score (nSPS) is 10.9. The molecule has 0 aliphatic carbocycles. The van der Waals surface area contributed by atoms with Crippen molar-refractivity contribution in [2.75, 3.05) is 12.4 Å². The third-order valence-electron chi connectivity index (χ3n) is 4.86. The number of hydrogen-bond donors (Lipinski definition) is 3. The summed E-state index contributed by atoms with van der Waals surface area (Å²) in [4.78, 5) is 21.0. The van der Waals surface area contributed by atoms with E-state index in [1.54, 1.807) is 25.4 Å². The molecule has 0 spiro atoms. The van der Waals surface area contributed by atoms with E-state index < -0.39 is 5.91 Å². The summed E-state index contributed by atoms with van der Waals surface area (Å²) in [6.07, 6.45) is 1.61. The molecule has 4 rings (SSSR count). The molecule has 8 heteroatoms. The Labute approximate surface area is 173 Å². The van der Waals surface area contributed by atoms with Crippen molar-refractivity contribution in [1.29, 1.82) is 0 Å². The number of hydrogen-bond acceptors (Lipinski definition) is 6. The number of ether oxygens (including phenoxy) is 1. The average Bonchev–Trinajstić information content (AvgIpc) is 3.16. The molecule has 0 fully saturated rings. The Morgan fingerprint density at radius 1 is 1.17 bits per heavy atom. The van der Waals surface area contributed by atoms with Crippen LogP contribution in [0.25, 0.3) is 16.9 Å². The van der Waals surface area contributed by atoms with Crippen molar-refractivity contribution in [2.24, 2.45) is 11.5 Å². The smallest absolute Gasteiger partial charge is 0.249 e. The summed E-state index contributed by atoms with van der Waals surface area (Å²) in [6, 6.07) is 17.2. The number of aromatic nitrogens is 3. The number of methoxy groups -OCH3 is 1. The number of amides is 1. The Kier molecular flexibility index (Phi) is 5.32. The van der Waals surface area contributed by atoms with Crippen molar-refractivity contribution in [3.05, 3.63) is 77.6 Å². The summed E-state index contributed by atoms with van der Waals surface area (Å²) < 4.78 is 7.25. The van der Waals surface area contributed by atoms with Crippen LogP contribution in [0.15, 0.2) is 60.8 Å². The third kappa shape index (κ3) is 3.56. The SMILES string of the molecule is COc1cnc(-n2c(CN)cc3c(C(N)=O)cccc32)nc1NCc1ccccc1. The molecule has 0 atom stereocenters. The summed E-state index contributed by atoms with van der Waals surface area (Å²) in [7, 11) is 1.57. The van der Waals surface area contributed by atoms with Gasteiger partial charge in [-0.05, 0) is 23.8 Å². The lowest BCUT2D eigenvalue weighted by molar-refractivity contribution is 0.100. The molecule has 0 saturated heterocycles. The van der Waals surface area contributed by atoms with Gasteiger partial charge in [-0.1, -0.05) is 36.4 Å². The Hall–Kier alpha value is -3.91. The average molecular weight is 402 g/mol. The standard InChI is InChI=1S/C22H22N6O2/c1-30-19-13-26-22(27-21(19)25-12-14-6-3-2-4-7-14)28-15(11-23)10-17-16(20(24)29)8-5-9-18(17)28/h2-10,13H,11-12,23H2,1H3,(H2,24,29)(H,25,26,27). The number of nitrogens with one attached hydrogen (secondary N) is 1. The minimum absolute atomic E-state index is 0.245. The molecule has 0 bridgehead atoms. The molecule has 1 amide bonds. The van der Waals surface area contributed by atoms with Gasteiger partial charge in [0.2, 0.25) is 11.9 Å². The lowest BCUT2D eigenvalue weighted by Crippen LogP contribution is -2.12. The van der Waals surface area contributed by atoms with E-state index in [1.807, 2.05) is 47.0 Å². The van der Waals surface area contributed by atoms with Gasteiger partial charge in [-0.3, -0.25) is 9.36 Å². The number of nitrogens with zero attached hydrogens (tertiary/aromatic N) is 3. The van der Waals surface area contributed by atoms with Gasteiger partial charge in [-0.15, -0.1) is 0 Å². The number of anilines is 1. The van der Waals surface area contributed by atoms with E-state index in [0.717, 1.165) is 16.8 Å². The summed E-state index contributed by atoms with van der Waals surface area (Å²) in [5.41, 5.74) is 14.6. The fraction of sp³-hybridized carbons (Fsp3) is 0.136. The molecule has 2 aromatic carbocycles. The van der Waals surface area contributed by atoms with Gasteiger partial charge >= 0.3 is 0 Å². The van der Waals surface area contributed by atoms with Gasteiger partial charge in [0.25, 0.3) is 0 Å². The van der Waals surface area contributed by atoms with Gasteiger partial charge in [0.1, 0.15) is 0 Å². The third-order valence-corrected chi connectivity index (χ3v) is 4.86. The van der Waals surface area contributed by atoms with Gasteiger partial charge in [0, 0.05) is 29.7 Å². The second kappa shape index (κ2) is 8.22. The van der Waals surface area contributed by atoms with E-state index in [-0.39, 0.29) is 6.54 Å². The molecule has 30 heavy (non-hydrogen) atoms. The maximum absolute atomic E-state index is 11.8. The molecular weight excluding hydrogens is 380 g/mol. The predicted molar refractivity (Wildman–Crippen MR) is 116 cm³/mol. The Bertz CT molecular complexity index is 1200. The van der Waals surface area contributed by atoms with Crippen LogP contribution >= 0.6 is 0 Å². The summed E-state index contributed by atoms with van der Waals surface area (Å²) in [6.45, 7) is 0.824. The molecule has 8 nitrogen and oxygen atoms in total. The molecule has 0 unspecified atom stereocenters. The Balaban J connectivity index is 1.80. The maximum atomic E-state index is 11.8. The zero-order chi connectivity index (χ0) is 21.1. The van der Waals surface area contributed by atoms with Gasteiger partial charge in [0.05, 0.1) is 18.8 Å². The van der Waals surface area contributed by atoms with E-state index in [2.05, 4.69) is 15.3 Å². The van der Waals surface area contributed by atoms with Gasteiger partial charge in [-0.2, -0.15) is 4.98 Å². The number of benzene rings is 2. The number of carbonyl (C=O) groups excluding carboxylic acids is 1. The van der Waals surface area contributed by atoms with Crippen molar-refractivity contribution in [3.63, 3.8) is 0 Å². The molecule has 152 valence electrons. The first-order valence-electron chi connectivity index (χ1n) is 9.44. The number of fused-ring (bicyclic) bond motifs is 1. The highest BCUT2D eigenvalue weighted by Gasteiger charge is 2.17. The van der Waals surface area contributed by atoms with E-state index in [4.69, 9.17) is 16.2 Å². The molecule has 0 aliphatic heterocycles. The van der Waals surface area contributed by atoms with Crippen LogP contribution in [0, 0.1) is 0 Å². The number of carbonyl (C=O) groups is 1. The zero-order valence-electron chi connectivity index (χ0n) is 16.5. The molecule has 5 N–H and O–H groups in total. The highest BCUT2D eigenvalue weighted by atomic mass is 16.5. The van der Waals surface area contributed by atoms with Crippen molar-refractivity contribution in [1.82, 2.24) is 14.5 Å². The van der Waals surface area contributed by atoms with Crippen LogP contribution in [0.2, 0.25) is 0 Å². The lowest BCUT2D eigenvalue weighted by atomic mass is 10.1. The van der Waals surface area contributed by atoms with Crippen LogP contribution in [0.4, 0.5) is 5.82 Å². The van der Waals surface area contributed by atoms with Crippen LogP contribution in [-0.2, 0) is 13.1 Å². The van der Waals surface area contributed by atoms with Crippen LogP contribution in [0.3, 0.4) is 0 Å². The molecule has 2 aromatic heterocycles. The lowest BCUT2D eigenvalue weighted by Gasteiger charge is -2.13. The zero-order valence-corrected chi connectivity index (χ0v) is 16.5.